The number of oxazole rings is 1. The van der Waals surface area contributed by atoms with Gasteiger partial charge in [-0.15, -0.1) is 0 Å². The van der Waals surface area contributed by atoms with E-state index in [9.17, 15) is 4.79 Å². The fraction of sp³-hybridized carbons (Fsp3) is 0.464. The van der Waals surface area contributed by atoms with Crippen LogP contribution in [0.2, 0.25) is 0 Å². The van der Waals surface area contributed by atoms with E-state index in [0.717, 1.165) is 53.0 Å². The van der Waals surface area contributed by atoms with Gasteiger partial charge in [-0.3, -0.25) is 9.69 Å². The van der Waals surface area contributed by atoms with Crippen molar-refractivity contribution in [3.63, 3.8) is 0 Å². The normalized spacial score (nSPS) is 16.3. The Balaban J connectivity index is 1.15. The van der Waals surface area contributed by atoms with Crippen molar-refractivity contribution in [2.75, 3.05) is 30.5 Å². The molecule has 0 saturated carbocycles. The molecule has 2 N–H and O–H groups in total. The minimum absolute atomic E-state index is 0.0661. The number of thiazole rings is 1. The Morgan fingerprint density at radius 3 is 2.74 bits per heavy atom. The number of benzene rings is 1. The lowest BCUT2D eigenvalue weighted by Gasteiger charge is -2.32. The second-order valence-electron chi connectivity index (χ2n) is 10.4. The molecule has 1 aliphatic rings. The molecular formula is C28H37N5O4S. The van der Waals surface area contributed by atoms with Gasteiger partial charge >= 0.3 is 0 Å². The van der Waals surface area contributed by atoms with E-state index in [1.54, 1.807) is 17.5 Å². The Labute approximate surface area is 228 Å². The highest BCUT2D eigenvalue weighted by Gasteiger charge is 2.21. The summed E-state index contributed by atoms with van der Waals surface area (Å²) in [5.74, 6) is 1.23. The summed E-state index contributed by atoms with van der Waals surface area (Å²) in [4.78, 5) is 23.6. The van der Waals surface area contributed by atoms with E-state index < -0.39 is 0 Å². The number of likely N-dealkylation sites (tertiary alicyclic amines) is 1. The molecule has 204 valence electrons. The van der Waals surface area contributed by atoms with Crippen molar-refractivity contribution in [1.29, 1.82) is 0 Å². The van der Waals surface area contributed by atoms with Crippen LogP contribution in [0.4, 0.5) is 10.8 Å². The molecule has 1 fully saturated rings. The Morgan fingerprint density at radius 2 is 2.00 bits per heavy atom. The Morgan fingerprint density at radius 1 is 1.18 bits per heavy atom. The molecule has 1 saturated heterocycles. The lowest BCUT2D eigenvalue weighted by atomic mass is 9.94. The van der Waals surface area contributed by atoms with E-state index >= 15 is 0 Å². The van der Waals surface area contributed by atoms with Crippen LogP contribution in [0.1, 0.15) is 55.7 Å². The molecule has 1 aliphatic heterocycles. The Kier molecular flexibility index (Phi) is 9.68. The van der Waals surface area contributed by atoms with Crippen LogP contribution in [0.25, 0.3) is 0 Å². The summed E-state index contributed by atoms with van der Waals surface area (Å²) in [5.41, 5.74) is 1.73. The molecule has 1 atom stereocenters. The number of nitrogens with one attached hydrogen (secondary N) is 2. The van der Waals surface area contributed by atoms with Crippen molar-refractivity contribution in [2.45, 2.75) is 64.9 Å². The van der Waals surface area contributed by atoms with Crippen LogP contribution in [0, 0.1) is 0 Å². The van der Waals surface area contributed by atoms with Gasteiger partial charge in [0, 0.05) is 36.4 Å². The zero-order valence-corrected chi connectivity index (χ0v) is 23.2. The van der Waals surface area contributed by atoms with Crippen molar-refractivity contribution in [2.24, 2.45) is 0 Å². The zero-order valence-electron chi connectivity index (χ0n) is 22.4. The maximum atomic E-state index is 11.4. The molecule has 0 unspecified atom stereocenters. The largest absolute Gasteiger partial charge is 0.443 e. The third-order valence-corrected chi connectivity index (χ3v) is 7.00. The number of carbonyl (C=O) groups is 1. The van der Waals surface area contributed by atoms with Gasteiger partial charge < -0.3 is 24.5 Å². The van der Waals surface area contributed by atoms with E-state index in [0.29, 0.717) is 38.5 Å². The topological polar surface area (TPSA) is 102 Å². The average molecular weight is 540 g/mol. The maximum Gasteiger partial charge on any atom is 0.247 e. The van der Waals surface area contributed by atoms with Crippen LogP contribution >= 0.6 is 11.3 Å². The quantitative estimate of drug-likeness (QED) is 0.298. The van der Waals surface area contributed by atoms with E-state index in [2.05, 4.69) is 52.9 Å². The predicted octanol–water partition coefficient (Wildman–Crippen LogP) is 5.32. The first-order chi connectivity index (χ1) is 18.3. The minimum atomic E-state index is -0.220. The molecule has 0 bridgehead atoms. The fourth-order valence-corrected chi connectivity index (χ4v) is 4.87. The first-order valence-electron chi connectivity index (χ1n) is 12.8. The van der Waals surface area contributed by atoms with Crippen molar-refractivity contribution in [3.05, 3.63) is 71.4 Å². The van der Waals surface area contributed by atoms with Crippen molar-refractivity contribution >= 4 is 28.1 Å². The Bertz CT molecular complexity index is 1180. The Hall–Kier alpha value is -3.05. The predicted molar refractivity (Wildman–Crippen MR) is 149 cm³/mol. The first kappa shape index (κ1) is 28.0. The van der Waals surface area contributed by atoms with Gasteiger partial charge in [0.05, 0.1) is 31.0 Å². The number of piperidine rings is 1. The lowest BCUT2D eigenvalue weighted by Crippen LogP contribution is -2.42. The molecule has 3 aromatic rings. The van der Waals surface area contributed by atoms with Gasteiger partial charge in [0.1, 0.15) is 12.4 Å². The zero-order chi connectivity index (χ0) is 27.0. The monoisotopic (exact) mass is 539 g/mol. The van der Waals surface area contributed by atoms with Crippen molar-refractivity contribution in [1.82, 2.24) is 14.9 Å². The highest BCUT2D eigenvalue weighted by molar-refractivity contribution is 7.15. The number of hydrogen-bond acceptors (Lipinski definition) is 9. The summed E-state index contributed by atoms with van der Waals surface area (Å²) in [6.45, 7) is 13.6. The number of amides is 1. The second kappa shape index (κ2) is 13.1. The van der Waals surface area contributed by atoms with Crippen LogP contribution in [-0.4, -0.2) is 46.6 Å². The average Bonchev–Trinajstić information content (AvgIpc) is 3.55. The van der Waals surface area contributed by atoms with Crippen LogP contribution < -0.4 is 10.6 Å². The molecule has 0 aliphatic carbocycles. The van der Waals surface area contributed by atoms with Gasteiger partial charge in [-0.25, -0.2) is 9.97 Å². The lowest BCUT2D eigenvalue weighted by molar-refractivity contribution is -0.111. The molecule has 1 amide bonds. The number of carbonyl (C=O) groups excluding carboxylic acids is 1. The summed E-state index contributed by atoms with van der Waals surface area (Å²) in [6.07, 6.45) is 7.09. The van der Waals surface area contributed by atoms with Crippen LogP contribution in [0.15, 0.2) is 53.7 Å². The molecule has 1 aromatic carbocycles. The number of aromatic nitrogens is 2. The minimum Gasteiger partial charge on any atom is -0.443 e. The van der Waals surface area contributed by atoms with Gasteiger partial charge in [-0.05, 0) is 36.6 Å². The number of nitrogens with zero attached hydrogens (tertiary/aromatic N) is 3. The van der Waals surface area contributed by atoms with Crippen LogP contribution in [0.5, 0.6) is 0 Å². The first-order valence-corrected chi connectivity index (χ1v) is 13.7. The molecule has 0 radical (unpaired) electrons. The van der Waals surface area contributed by atoms with Gasteiger partial charge in [0.2, 0.25) is 11.8 Å². The second-order valence-corrected chi connectivity index (χ2v) is 11.5. The third-order valence-electron chi connectivity index (χ3n) is 6.10. The summed E-state index contributed by atoms with van der Waals surface area (Å²) >= 11 is 1.61. The summed E-state index contributed by atoms with van der Waals surface area (Å²) in [5, 5.41) is 7.23. The van der Waals surface area contributed by atoms with E-state index in [1.807, 2.05) is 30.5 Å². The number of ether oxygens (including phenoxy) is 2. The molecule has 9 nitrogen and oxygen atoms in total. The molecule has 3 heterocycles. The molecule has 10 heteroatoms. The summed E-state index contributed by atoms with van der Waals surface area (Å²) in [7, 11) is 0. The van der Waals surface area contributed by atoms with Gasteiger partial charge in [-0.1, -0.05) is 50.8 Å². The van der Waals surface area contributed by atoms with Gasteiger partial charge in [0.15, 0.2) is 5.13 Å². The molecule has 0 spiro atoms. The molecule has 2 aromatic heterocycles. The third kappa shape index (κ3) is 8.49. The number of hydrogen-bond donors (Lipinski definition) is 2. The fourth-order valence-electron chi connectivity index (χ4n) is 4.04. The van der Waals surface area contributed by atoms with Crippen LogP contribution in [0.3, 0.4) is 0 Å². The highest BCUT2D eigenvalue weighted by atomic mass is 32.1. The smallest absolute Gasteiger partial charge is 0.247 e. The van der Waals surface area contributed by atoms with Gasteiger partial charge in [-0.2, -0.15) is 0 Å². The van der Waals surface area contributed by atoms with E-state index in [4.69, 9.17) is 13.9 Å². The van der Waals surface area contributed by atoms with E-state index in [-0.39, 0.29) is 11.3 Å². The molecule has 38 heavy (non-hydrogen) atoms. The molecule has 4 rings (SSSR count). The highest BCUT2D eigenvalue weighted by Crippen LogP contribution is 2.25. The number of rotatable bonds is 12. The van der Waals surface area contributed by atoms with E-state index in [1.165, 1.54) is 6.08 Å². The maximum absolute atomic E-state index is 11.4. The summed E-state index contributed by atoms with van der Waals surface area (Å²) < 4.78 is 17.5. The van der Waals surface area contributed by atoms with Crippen molar-refractivity contribution < 1.29 is 18.7 Å². The van der Waals surface area contributed by atoms with Crippen molar-refractivity contribution in [3.8, 4) is 0 Å². The van der Waals surface area contributed by atoms with Gasteiger partial charge in [0.25, 0.3) is 0 Å². The summed E-state index contributed by atoms with van der Waals surface area (Å²) in [6, 6.07) is 7.97. The number of anilines is 2. The SMILES string of the molecule is C=CC(=O)Nc1ccc(COCN2CCC[C@@H](Nc3ncc(COCc4ncc(C(C)(C)C)o4)s3)C2)cc1. The molecular weight excluding hydrogens is 502 g/mol. The van der Waals surface area contributed by atoms with Crippen LogP contribution in [-0.2, 0) is 39.5 Å². The standard InChI is InChI=1S/C28H37N5O4S/c1-5-25(34)31-21-10-8-20(9-11-21)16-36-19-33-12-6-7-22(15-33)32-27-30-13-23(38-27)17-35-18-26-29-14-24(37-26)28(2,3)4/h5,8-11,13-14,22H,1,6-7,12,15-19H2,2-4H3,(H,30,32)(H,31,34)/t22-/m1/s1.